The molecular formula is C21H26N2O2. The van der Waals surface area contributed by atoms with Gasteiger partial charge in [0, 0.05) is 24.5 Å². The van der Waals surface area contributed by atoms with Gasteiger partial charge in [0.05, 0.1) is 11.6 Å². The smallest absolute Gasteiger partial charge is 0.254 e. The Labute approximate surface area is 149 Å². The number of rotatable bonds is 5. The average molecular weight is 338 g/mol. The van der Waals surface area contributed by atoms with Crippen LogP contribution in [0.2, 0.25) is 0 Å². The molecule has 1 amide bonds. The molecule has 2 aromatic rings. The number of carbonyl (C=O) groups excluding carboxylic acids is 1. The number of pyridine rings is 1. The van der Waals surface area contributed by atoms with Crippen LogP contribution < -0.4 is 0 Å². The highest BCUT2D eigenvalue weighted by molar-refractivity contribution is 5.94. The first-order valence-electron chi connectivity index (χ1n) is 8.96. The van der Waals surface area contributed by atoms with Crippen molar-refractivity contribution in [1.82, 2.24) is 9.88 Å². The number of aromatic nitrogens is 1. The SMILES string of the molecule is CC(C)(O)CCc1cccc(C(=O)N2CCC[C@@H]2c2cccnc2)c1. The highest BCUT2D eigenvalue weighted by Gasteiger charge is 2.30. The molecule has 0 spiro atoms. The third-order valence-corrected chi connectivity index (χ3v) is 4.78. The minimum Gasteiger partial charge on any atom is -0.390 e. The zero-order valence-corrected chi connectivity index (χ0v) is 15.0. The van der Waals surface area contributed by atoms with Crippen LogP contribution in [0.15, 0.2) is 48.8 Å². The Morgan fingerprint density at radius 2 is 2.16 bits per heavy atom. The minimum absolute atomic E-state index is 0.0801. The van der Waals surface area contributed by atoms with Crippen LogP contribution in [-0.4, -0.2) is 33.0 Å². The lowest BCUT2D eigenvalue weighted by molar-refractivity contribution is 0.0714. The number of carbonyl (C=O) groups is 1. The van der Waals surface area contributed by atoms with E-state index in [9.17, 15) is 9.90 Å². The summed E-state index contributed by atoms with van der Waals surface area (Å²) in [6.07, 6.45) is 7.05. The van der Waals surface area contributed by atoms with Crippen LogP contribution in [0.3, 0.4) is 0 Å². The minimum atomic E-state index is -0.694. The number of hydrogen-bond acceptors (Lipinski definition) is 3. The molecule has 4 heteroatoms. The Bertz CT molecular complexity index is 722. The van der Waals surface area contributed by atoms with Crippen LogP contribution in [-0.2, 0) is 6.42 Å². The van der Waals surface area contributed by atoms with Gasteiger partial charge in [0.2, 0.25) is 0 Å². The van der Waals surface area contributed by atoms with E-state index in [2.05, 4.69) is 4.98 Å². The Balaban J connectivity index is 1.76. The molecule has 3 rings (SSSR count). The van der Waals surface area contributed by atoms with Crippen LogP contribution >= 0.6 is 0 Å². The molecule has 1 aliphatic rings. The Hall–Kier alpha value is -2.20. The van der Waals surface area contributed by atoms with E-state index in [1.807, 2.05) is 61.3 Å². The topological polar surface area (TPSA) is 53.4 Å². The van der Waals surface area contributed by atoms with E-state index in [-0.39, 0.29) is 11.9 Å². The molecule has 25 heavy (non-hydrogen) atoms. The fraction of sp³-hybridized carbons (Fsp3) is 0.429. The fourth-order valence-electron chi connectivity index (χ4n) is 3.41. The summed E-state index contributed by atoms with van der Waals surface area (Å²) in [6, 6.07) is 11.9. The zero-order chi connectivity index (χ0) is 17.9. The first kappa shape index (κ1) is 17.6. The summed E-state index contributed by atoms with van der Waals surface area (Å²) >= 11 is 0. The largest absolute Gasteiger partial charge is 0.390 e. The van der Waals surface area contributed by atoms with Crippen LogP contribution in [0.25, 0.3) is 0 Å². The van der Waals surface area contributed by atoms with Gasteiger partial charge in [-0.3, -0.25) is 9.78 Å². The highest BCUT2D eigenvalue weighted by atomic mass is 16.3. The summed E-state index contributed by atoms with van der Waals surface area (Å²) in [7, 11) is 0. The summed E-state index contributed by atoms with van der Waals surface area (Å²) in [4.78, 5) is 19.2. The van der Waals surface area contributed by atoms with Gasteiger partial charge in [-0.25, -0.2) is 0 Å². The van der Waals surface area contributed by atoms with Crippen molar-refractivity contribution in [2.24, 2.45) is 0 Å². The van der Waals surface area contributed by atoms with E-state index in [0.717, 1.165) is 42.5 Å². The van der Waals surface area contributed by atoms with E-state index in [1.54, 1.807) is 6.20 Å². The molecule has 1 fully saturated rings. The molecule has 0 radical (unpaired) electrons. The summed E-state index contributed by atoms with van der Waals surface area (Å²) in [6.45, 7) is 4.40. The van der Waals surface area contributed by atoms with Crippen molar-refractivity contribution in [3.8, 4) is 0 Å². The van der Waals surface area contributed by atoms with E-state index >= 15 is 0 Å². The molecule has 1 atom stereocenters. The van der Waals surface area contributed by atoms with Gasteiger partial charge in [-0.05, 0) is 68.9 Å². The number of likely N-dealkylation sites (tertiary alicyclic amines) is 1. The first-order valence-corrected chi connectivity index (χ1v) is 8.96. The second-order valence-corrected chi connectivity index (χ2v) is 7.46. The van der Waals surface area contributed by atoms with E-state index in [4.69, 9.17) is 0 Å². The molecule has 0 unspecified atom stereocenters. The predicted molar refractivity (Wildman–Crippen MR) is 98.3 cm³/mol. The number of benzene rings is 1. The van der Waals surface area contributed by atoms with Crippen molar-refractivity contribution in [3.63, 3.8) is 0 Å². The number of aryl methyl sites for hydroxylation is 1. The fourth-order valence-corrected chi connectivity index (χ4v) is 3.41. The Kier molecular flexibility index (Phi) is 5.19. The summed E-state index contributed by atoms with van der Waals surface area (Å²) in [5.41, 5.74) is 2.22. The molecule has 2 heterocycles. The van der Waals surface area contributed by atoms with E-state index < -0.39 is 5.60 Å². The van der Waals surface area contributed by atoms with Crippen molar-refractivity contribution >= 4 is 5.91 Å². The molecule has 0 saturated carbocycles. The van der Waals surface area contributed by atoms with Gasteiger partial charge < -0.3 is 10.0 Å². The maximum Gasteiger partial charge on any atom is 0.254 e. The molecule has 0 aliphatic carbocycles. The molecule has 1 aromatic heterocycles. The third kappa shape index (κ3) is 4.45. The molecule has 1 N–H and O–H groups in total. The van der Waals surface area contributed by atoms with Crippen molar-refractivity contribution in [2.45, 2.75) is 51.2 Å². The number of amides is 1. The molecule has 4 nitrogen and oxygen atoms in total. The van der Waals surface area contributed by atoms with Gasteiger partial charge in [-0.1, -0.05) is 18.2 Å². The molecule has 0 bridgehead atoms. The molecule has 132 valence electrons. The second-order valence-electron chi connectivity index (χ2n) is 7.46. The van der Waals surface area contributed by atoms with Crippen LogP contribution in [0.5, 0.6) is 0 Å². The maximum absolute atomic E-state index is 13.0. The van der Waals surface area contributed by atoms with Gasteiger partial charge in [-0.2, -0.15) is 0 Å². The van der Waals surface area contributed by atoms with Gasteiger partial charge >= 0.3 is 0 Å². The summed E-state index contributed by atoms with van der Waals surface area (Å²) in [5, 5.41) is 9.91. The van der Waals surface area contributed by atoms with E-state index in [0.29, 0.717) is 6.42 Å². The van der Waals surface area contributed by atoms with Crippen molar-refractivity contribution in [2.75, 3.05) is 6.54 Å². The molecular weight excluding hydrogens is 312 g/mol. The Morgan fingerprint density at radius 3 is 2.88 bits per heavy atom. The van der Waals surface area contributed by atoms with Gasteiger partial charge in [-0.15, -0.1) is 0 Å². The highest BCUT2D eigenvalue weighted by Crippen LogP contribution is 2.32. The lowest BCUT2D eigenvalue weighted by atomic mass is 9.97. The second kappa shape index (κ2) is 7.36. The van der Waals surface area contributed by atoms with Gasteiger partial charge in [0.1, 0.15) is 0 Å². The third-order valence-electron chi connectivity index (χ3n) is 4.78. The van der Waals surface area contributed by atoms with Crippen LogP contribution in [0.4, 0.5) is 0 Å². The predicted octanol–water partition coefficient (Wildman–Crippen LogP) is 3.76. The van der Waals surface area contributed by atoms with Crippen molar-refractivity contribution in [1.29, 1.82) is 0 Å². The lowest BCUT2D eigenvalue weighted by Crippen LogP contribution is -2.30. The van der Waals surface area contributed by atoms with Crippen molar-refractivity contribution < 1.29 is 9.90 Å². The zero-order valence-electron chi connectivity index (χ0n) is 15.0. The van der Waals surface area contributed by atoms with Crippen molar-refractivity contribution in [3.05, 3.63) is 65.5 Å². The first-order chi connectivity index (χ1) is 11.9. The Morgan fingerprint density at radius 1 is 1.32 bits per heavy atom. The molecule has 1 saturated heterocycles. The number of nitrogens with zero attached hydrogens (tertiary/aromatic N) is 2. The standard InChI is InChI=1S/C21H26N2O2/c1-21(2,25)11-10-16-6-3-7-17(14-16)20(24)23-13-5-9-19(23)18-8-4-12-22-15-18/h3-4,6-8,12,14-15,19,25H,5,9-11,13H2,1-2H3/t19-/m1/s1. The average Bonchev–Trinajstić information content (AvgIpc) is 3.09. The lowest BCUT2D eigenvalue weighted by Gasteiger charge is -2.25. The maximum atomic E-state index is 13.0. The van der Waals surface area contributed by atoms with Crippen LogP contribution in [0.1, 0.15) is 60.6 Å². The number of aliphatic hydroxyl groups is 1. The quantitative estimate of drug-likeness (QED) is 0.903. The molecule has 1 aliphatic heterocycles. The van der Waals surface area contributed by atoms with Gasteiger partial charge in [0.25, 0.3) is 5.91 Å². The summed E-state index contributed by atoms with van der Waals surface area (Å²) < 4.78 is 0. The summed E-state index contributed by atoms with van der Waals surface area (Å²) in [5.74, 6) is 0.0801. The molecule has 1 aromatic carbocycles. The van der Waals surface area contributed by atoms with Crippen LogP contribution in [0, 0.1) is 0 Å². The van der Waals surface area contributed by atoms with Gasteiger partial charge in [0.15, 0.2) is 0 Å². The number of hydrogen-bond donors (Lipinski definition) is 1. The monoisotopic (exact) mass is 338 g/mol. The normalized spacial score (nSPS) is 17.7. The van der Waals surface area contributed by atoms with E-state index in [1.165, 1.54) is 0 Å².